The van der Waals surface area contributed by atoms with Gasteiger partial charge >= 0.3 is 5.97 Å². The number of fused-ring (bicyclic) bond motifs is 1. The Kier molecular flexibility index (Phi) is 3.74. The minimum Gasteiger partial charge on any atom is -0.478 e. The van der Waals surface area contributed by atoms with E-state index in [0.29, 0.717) is 16.8 Å². The number of rotatable bonds is 2. The summed E-state index contributed by atoms with van der Waals surface area (Å²) in [6.07, 6.45) is -2.30. The number of halogens is 2. The quantitative estimate of drug-likeness (QED) is 0.782. The van der Waals surface area contributed by atoms with E-state index in [-0.39, 0.29) is 15.6 Å². The van der Waals surface area contributed by atoms with Gasteiger partial charge in [-0.05, 0) is 30.3 Å². The van der Waals surface area contributed by atoms with Crippen LogP contribution in [0.5, 0.6) is 0 Å². The molecule has 2 atom stereocenters. The van der Waals surface area contributed by atoms with E-state index >= 15 is 0 Å². The predicted molar refractivity (Wildman–Crippen MR) is 82.3 cm³/mol. The van der Waals surface area contributed by atoms with E-state index in [4.69, 9.17) is 28.3 Å². The topological polar surface area (TPSA) is 81.0 Å². The summed E-state index contributed by atoms with van der Waals surface area (Å²) in [4.78, 5) is 12.4. The monoisotopic (exact) mass is 339 g/mol. The van der Waals surface area contributed by atoms with Gasteiger partial charge in [-0.2, -0.15) is 0 Å². The number of hydrogen-bond acceptors (Lipinski definition) is 4. The van der Waals surface area contributed by atoms with Gasteiger partial charge in [0.15, 0.2) is 12.5 Å². The van der Waals surface area contributed by atoms with Gasteiger partial charge in [-0.3, -0.25) is 0 Å². The molecule has 0 aliphatic carbocycles. The van der Waals surface area contributed by atoms with Crippen LogP contribution in [0.1, 0.15) is 33.9 Å². The van der Waals surface area contributed by atoms with Crippen LogP contribution >= 0.6 is 23.2 Å². The number of aliphatic hydroxyl groups excluding tert-OH is 2. The first-order valence-electron chi connectivity index (χ1n) is 6.37. The second-order valence-electron chi connectivity index (χ2n) is 4.91. The van der Waals surface area contributed by atoms with E-state index in [1.807, 2.05) is 0 Å². The van der Waals surface area contributed by atoms with E-state index in [2.05, 4.69) is 0 Å². The lowest BCUT2D eigenvalue weighted by Gasteiger charge is -2.26. The minimum absolute atomic E-state index is 0.0592. The van der Waals surface area contributed by atoms with Crippen molar-refractivity contribution in [2.45, 2.75) is 12.5 Å². The molecule has 2 aromatic carbocycles. The molecule has 1 aliphatic heterocycles. The average molecular weight is 340 g/mol. The largest absolute Gasteiger partial charge is 0.478 e. The molecular weight excluding hydrogens is 329 g/mol. The number of anilines is 1. The van der Waals surface area contributed by atoms with Crippen LogP contribution in [0.4, 0.5) is 5.69 Å². The molecule has 2 unspecified atom stereocenters. The third-order valence-corrected chi connectivity index (χ3v) is 4.32. The highest BCUT2D eigenvalue weighted by atomic mass is 35.5. The van der Waals surface area contributed by atoms with Crippen LogP contribution in [0, 0.1) is 0 Å². The first-order valence-corrected chi connectivity index (χ1v) is 7.12. The number of aromatic carboxylic acids is 1. The highest BCUT2D eigenvalue weighted by Gasteiger charge is 2.37. The normalized spacial score (nSPS) is 20.1. The van der Waals surface area contributed by atoms with Crippen LogP contribution in [0.15, 0.2) is 36.4 Å². The lowest BCUT2D eigenvalue weighted by atomic mass is 10.1. The maximum absolute atomic E-state index is 11.1. The molecule has 22 heavy (non-hydrogen) atoms. The molecular formula is C15H11Cl2NO4. The van der Waals surface area contributed by atoms with Gasteiger partial charge in [0.05, 0.1) is 15.6 Å². The number of aliphatic hydroxyl groups is 2. The van der Waals surface area contributed by atoms with Crippen LogP contribution in [0.2, 0.25) is 10.0 Å². The summed E-state index contributed by atoms with van der Waals surface area (Å²) in [6, 6.07) is 8.95. The zero-order valence-electron chi connectivity index (χ0n) is 11.1. The summed E-state index contributed by atoms with van der Waals surface area (Å²) in [5, 5.41) is 30.4. The van der Waals surface area contributed by atoms with Crippen molar-refractivity contribution in [3.8, 4) is 0 Å². The second kappa shape index (κ2) is 5.44. The van der Waals surface area contributed by atoms with E-state index in [1.165, 1.54) is 29.2 Å². The van der Waals surface area contributed by atoms with Crippen LogP contribution in [0.25, 0.3) is 0 Å². The van der Waals surface area contributed by atoms with Crippen molar-refractivity contribution < 1.29 is 20.1 Å². The van der Waals surface area contributed by atoms with Crippen LogP contribution in [-0.4, -0.2) is 21.3 Å². The first-order chi connectivity index (χ1) is 10.4. The summed E-state index contributed by atoms with van der Waals surface area (Å²) in [6.45, 7) is 0. The number of benzene rings is 2. The van der Waals surface area contributed by atoms with Crippen molar-refractivity contribution in [2.24, 2.45) is 0 Å². The summed E-state index contributed by atoms with van der Waals surface area (Å²) in [5.74, 6) is -1.09. The fraction of sp³-hybridized carbons (Fsp3) is 0.133. The molecule has 0 saturated carbocycles. The third-order valence-electron chi connectivity index (χ3n) is 3.60. The Labute approximate surface area is 135 Å². The lowest BCUT2D eigenvalue weighted by Crippen LogP contribution is -2.25. The van der Waals surface area contributed by atoms with Crippen LogP contribution in [-0.2, 0) is 0 Å². The molecule has 7 heteroatoms. The van der Waals surface area contributed by atoms with Crippen molar-refractivity contribution in [3.05, 3.63) is 63.1 Å². The summed E-state index contributed by atoms with van der Waals surface area (Å²) in [7, 11) is 0. The number of hydrogen-bond donors (Lipinski definition) is 3. The van der Waals surface area contributed by atoms with Gasteiger partial charge in [0.25, 0.3) is 0 Å². The number of carboxylic acids is 1. The second-order valence-corrected chi connectivity index (χ2v) is 5.72. The first kappa shape index (κ1) is 15.1. The Bertz CT molecular complexity index is 730. The number of carbonyl (C=O) groups is 1. The van der Waals surface area contributed by atoms with Crippen molar-refractivity contribution in [1.29, 1.82) is 0 Å². The zero-order valence-corrected chi connectivity index (χ0v) is 12.6. The lowest BCUT2D eigenvalue weighted by molar-refractivity contribution is 0.0696. The Hall–Kier alpha value is -1.79. The van der Waals surface area contributed by atoms with Crippen molar-refractivity contribution in [3.63, 3.8) is 0 Å². The van der Waals surface area contributed by atoms with E-state index in [0.717, 1.165) is 0 Å². The van der Waals surface area contributed by atoms with Gasteiger partial charge in [-0.15, -0.1) is 0 Å². The van der Waals surface area contributed by atoms with Crippen molar-refractivity contribution in [2.75, 3.05) is 4.90 Å². The molecule has 0 bridgehead atoms. The summed E-state index contributed by atoms with van der Waals surface area (Å²) in [5.41, 5.74) is 1.30. The maximum Gasteiger partial charge on any atom is 0.335 e. The highest BCUT2D eigenvalue weighted by molar-refractivity contribution is 6.42. The molecule has 114 valence electrons. The van der Waals surface area contributed by atoms with Gasteiger partial charge in [0.2, 0.25) is 0 Å². The average Bonchev–Trinajstić information content (AvgIpc) is 2.71. The van der Waals surface area contributed by atoms with Gasteiger partial charge in [-0.1, -0.05) is 29.3 Å². The van der Waals surface area contributed by atoms with E-state index in [9.17, 15) is 15.0 Å². The molecule has 1 heterocycles. The maximum atomic E-state index is 11.1. The minimum atomic E-state index is -1.15. The third kappa shape index (κ3) is 2.32. The molecule has 0 spiro atoms. The van der Waals surface area contributed by atoms with Gasteiger partial charge in [0.1, 0.15) is 0 Å². The fourth-order valence-electron chi connectivity index (χ4n) is 2.54. The molecule has 0 saturated heterocycles. The Balaban J connectivity index is 2.07. The Morgan fingerprint density at radius 2 is 1.55 bits per heavy atom. The zero-order chi connectivity index (χ0) is 16.0. The number of carboxylic acid groups (broad SMARTS) is 1. The molecule has 0 fully saturated rings. The molecule has 0 radical (unpaired) electrons. The highest BCUT2D eigenvalue weighted by Crippen LogP contribution is 2.45. The smallest absolute Gasteiger partial charge is 0.335 e. The molecule has 3 N–H and O–H groups in total. The molecule has 0 aromatic heterocycles. The van der Waals surface area contributed by atoms with Crippen LogP contribution in [0.3, 0.4) is 0 Å². The molecule has 2 aromatic rings. The predicted octanol–water partition coefficient (Wildman–Crippen LogP) is 3.19. The van der Waals surface area contributed by atoms with Gasteiger partial charge in [0, 0.05) is 16.8 Å². The number of nitrogens with zero attached hydrogens (tertiary/aromatic N) is 1. The Morgan fingerprint density at radius 1 is 1.00 bits per heavy atom. The molecule has 0 amide bonds. The molecule has 5 nitrogen and oxygen atoms in total. The molecule has 3 rings (SSSR count). The fourth-order valence-corrected chi connectivity index (χ4v) is 2.88. The Morgan fingerprint density at radius 3 is 2.05 bits per heavy atom. The SMILES string of the molecule is O=C(O)c1cccc(N2C(O)c3cc(Cl)c(Cl)cc3C2O)c1. The van der Waals surface area contributed by atoms with Crippen molar-refractivity contribution >= 4 is 34.9 Å². The summed E-state index contributed by atoms with van der Waals surface area (Å²) >= 11 is 11.9. The van der Waals surface area contributed by atoms with Gasteiger partial charge in [-0.25, -0.2) is 4.79 Å². The summed E-state index contributed by atoms with van der Waals surface area (Å²) < 4.78 is 0. The van der Waals surface area contributed by atoms with Crippen LogP contribution < -0.4 is 4.90 Å². The van der Waals surface area contributed by atoms with Gasteiger partial charge < -0.3 is 20.2 Å². The standard InChI is InChI=1S/C15H11Cl2NO4/c16-11-5-9-10(6-12(11)17)14(20)18(13(9)19)8-3-1-2-7(4-8)15(21)22/h1-6,13-14,19-20H,(H,21,22). The molecule has 1 aliphatic rings. The van der Waals surface area contributed by atoms with E-state index < -0.39 is 18.4 Å². The van der Waals surface area contributed by atoms with Crippen molar-refractivity contribution in [1.82, 2.24) is 0 Å². The van der Waals surface area contributed by atoms with E-state index in [1.54, 1.807) is 12.1 Å².